The molecule has 2 rings (SSSR count). The van der Waals surface area contributed by atoms with E-state index in [0.717, 1.165) is 25.9 Å². The zero-order chi connectivity index (χ0) is 14.8. The van der Waals surface area contributed by atoms with E-state index in [9.17, 15) is 9.59 Å². The van der Waals surface area contributed by atoms with Gasteiger partial charge in [0.1, 0.15) is 12.1 Å². The van der Waals surface area contributed by atoms with Crippen LogP contribution in [0.15, 0.2) is 0 Å². The van der Waals surface area contributed by atoms with Crippen molar-refractivity contribution in [2.75, 3.05) is 13.2 Å². The lowest BCUT2D eigenvalue weighted by atomic mass is 9.96. The van der Waals surface area contributed by atoms with E-state index in [1.165, 1.54) is 0 Å². The smallest absolute Gasteiger partial charge is 0.245 e. The molecule has 0 aromatic heterocycles. The van der Waals surface area contributed by atoms with Crippen molar-refractivity contribution in [1.29, 1.82) is 0 Å². The molecular weight excluding hydrogens is 256 g/mol. The topological polar surface area (TPSA) is 58.6 Å². The molecule has 0 aromatic rings. The highest BCUT2D eigenvalue weighted by Gasteiger charge is 2.43. The van der Waals surface area contributed by atoms with E-state index in [2.05, 4.69) is 5.32 Å². The molecule has 0 aliphatic carbocycles. The predicted molar refractivity (Wildman–Crippen MR) is 76.2 cm³/mol. The zero-order valence-electron chi connectivity index (χ0n) is 12.8. The summed E-state index contributed by atoms with van der Waals surface area (Å²) in [7, 11) is 0. The van der Waals surface area contributed by atoms with Gasteiger partial charge < -0.3 is 15.0 Å². The molecule has 5 nitrogen and oxygen atoms in total. The molecule has 0 spiro atoms. The molecule has 3 unspecified atom stereocenters. The number of piperazine rings is 1. The Morgan fingerprint density at radius 2 is 2.15 bits per heavy atom. The molecule has 0 aromatic carbocycles. The van der Waals surface area contributed by atoms with Crippen LogP contribution in [0.5, 0.6) is 0 Å². The first-order valence-corrected chi connectivity index (χ1v) is 7.75. The summed E-state index contributed by atoms with van der Waals surface area (Å²) in [5, 5.41) is 2.86. The van der Waals surface area contributed by atoms with E-state index >= 15 is 0 Å². The van der Waals surface area contributed by atoms with Crippen molar-refractivity contribution in [2.24, 2.45) is 0 Å². The fraction of sp³-hybridized carbons (Fsp3) is 0.867. The van der Waals surface area contributed by atoms with Crippen LogP contribution >= 0.6 is 0 Å². The van der Waals surface area contributed by atoms with E-state index in [-0.39, 0.29) is 29.5 Å². The van der Waals surface area contributed by atoms with Crippen molar-refractivity contribution in [3.8, 4) is 0 Å². The average Bonchev–Trinajstić information content (AvgIpc) is 2.83. The van der Waals surface area contributed by atoms with Crippen LogP contribution in [-0.2, 0) is 14.3 Å². The minimum absolute atomic E-state index is 0.0212. The summed E-state index contributed by atoms with van der Waals surface area (Å²) in [6.07, 6.45) is 4.21. The summed E-state index contributed by atoms with van der Waals surface area (Å²) in [5.41, 5.74) is -0.294. The van der Waals surface area contributed by atoms with Crippen molar-refractivity contribution < 1.29 is 14.3 Å². The Hall–Kier alpha value is -1.10. The Labute approximate surface area is 121 Å². The van der Waals surface area contributed by atoms with Crippen LogP contribution in [0.25, 0.3) is 0 Å². The molecule has 0 radical (unpaired) electrons. The predicted octanol–water partition coefficient (Wildman–Crippen LogP) is 1.46. The molecule has 2 fully saturated rings. The van der Waals surface area contributed by atoms with Gasteiger partial charge in [-0.2, -0.15) is 0 Å². The van der Waals surface area contributed by atoms with Gasteiger partial charge in [-0.15, -0.1) is 0 Å². The average molecular weight is 282 g/mol. The molecule has 2 aliphatic heterocycles. The van der Waals surface area contributed by atoms with E-state index in [1.807, 2.05) is 20.8 Å². The monoisotopic (exact) mass is 282 g/mol. The number of rotatable bonds is 5. The molecule has 114 valence electrons. The lowest BCUT2D eigenvalue weighted by Gasteiger charge is -2.42. The normalized spacial score (nSPS) is 34.5. The summed E-state index contributed by atoms with van der Waals surface area (Å²) < 4.78 is 5.79. The van der Waals surface area contributed by atoms with Gasteiger partial charge in [-0.3, -0.25) is 9.59 Å². The van der Waals surface area contributed by atoms with Gasteiger partial charge in [0.25, 0.3) is 0 Å². The van der Waals surface area contributed by atoms with Crippen molar-refractivity contribution in [2.45, 2.75) is 70.6 Å². The highest BCUT2D eigenvalue weighted by atomic mass is 16.5. The quantitative estimate of drug-likeness (QED) is 0.830. The number of carbonyl (C=O) groups excluding carboxylic acids is 2. The summed E-state index contributed by atoms with van der Waals surface area (Å²) in [6.45, 7) is 7.29. The molecule has 2 heterocycles. The second kappa shape index (κ2) is 6.12. The number of hydrogen-bond acceptors (Lipinski definition) is 3. The first kappa shape index (κ1) is 15.3. The molecule has 0 bridgehead atoms. The maximum Gasteiger partial charge on any atom is 0.245 e. The van der Waals surface area contributed by atoms with E-state index in [1.54, 1.807) is 4.90 Å². The molecule has 2 saturated heterocycles. The van der Waals surface area contributed by atoms with Crippen LogP contribution in [0, 0.1) is 0 Å². The van der Waals surface area contributed by atoms with Gasteiger partial charge in [-0.25, -0.2) is 0 Å². The summed E-state index contributed by atoms with van der Waals surface area (Å²) in [4.78, 5) is 26.6. The lowest BCUT2D eigenvalue weighted by molar-refractivity contribution is -0.153. The molecule has 2 amide bonds. The Kier molecular flexibility index (Phi) is 4.68. The maximum atomic E-state index is 12.6. The molecule has 0 saturated carbocycles. The van der Waals surface area contributed by atoms with Crippen LogP contribution in [0.2, 0.25) is 0 Å². The Morgan fingerprint density at radius 3 is 2.70 bits per heavy atom. The molecule has 2 aliphatic rings. The number of hydrogen-bond donors (Lipinski definition) is 1. The third-order valence-corrected chi connectivity index (χ3v) is 4.35. The van der Waals surface area contributed by atoms with Crippen molar-refractivity contribution in [3.05, 3.63) is 0 Å². The fourth-order valence-corrected chi connectivity index (χ4v) is 3.23. The van der Waals surface area contributed by atoms with Crippen LogP contribution in [0.3, 0.4) is 0 Å². The summed E-state index contributed by atoms with van der Waals surface area (Å²) >= 11 is 0. The van der Waals surface area contributed by atoms with E-state index < -0.39 is 0 Å². The largest absolute Gasteiger partial charge is 0.373 e. The third kappa shape index (κ3) is 2.97. The van der Waals surface area contributed by atoms with Crippen molar-refractivity contribution >= 4 is 11.8 Å². The first-order chi connectivity index (χ1) is 9.50. The first-order valence-electron chi connectivity index (χ1n) is 7.75. The minimum atomic E-state index is -0.361. The molecule has 5 heteroatoms. The maximum absolute atomic E-state index is 12.6. The van der Waals surface area contributed by atoms with E-state index in [4.69, 9.17) is 4.74 Å². The van der Waals surface area contributed by atoms with Gasteiger partial charge in [0, 0.05) is 6.61 Å². The summed E-state index contributed by atoms with van der Waals surface area (Å²) in [6, 6.07) is -0.711. The fourth-order valence-electron chi connectivity index (χ4n) is 3.23. The number of amides is 2. The molecular formula is C15H26N2O3. The Balaban J connectivity index is 2.15. The van der Waals surface area contributed by atoms with Crippen LogP contribution in [0.4, 0.5) is 0 Å². The number of ether oxygens (including phenoxy) is 1. The standard InChI is InChI=1S/C15H26N2O3/c1-4-7-11-14(19)17(12(5-2)13(18)16-11)10-15(3)8-6-9-20-15/h11-12H,4-10H2,1-3H3,(H,16,18). The van der Waals surface area contributed by atoms with Gasteiger partial charge in [-0.05, 0) is 32.6 Å². The van der Waals surface area contributed by atoms with Crippen LogP contribution < -0.4 is 5.32 Å². The van der Waals surface area contributed by atoms with Gasteiger partial charge in [-0.1, -0.05) is 20.3 Å². The zero-order valence-corrected chi connectivity index (χ0v) is 12.8. The van der Waals surface area contributed by atoms with Gasteiger partial charge in [0.15, 0.2) is 0 Å². The lowest BCUT2D eigenvalue weighted by Crippen LogP contribution is -2.65. The highest BCUT2D eigenvalue weighted by molar-refractivity contribution is 5.96. The second-order valence-electron chi connectivity index (χ2n) is 6.14. The van der Waals surface area contributed by atoms with E-state index in [0.29, 0.717) is 19.4 Å². The Bertz CT molecular complexity index is 377. The van der Waals surface area contributed by atoms with Crippen molar-refractivity contribution in [1.82, 2.24) is 10.2 Å². The van der Waals surface area contributed by atoms with Gasteiger partial charge in [0.05, 0.1) is 12.1 Å². The number of carbonyl (C=O) groups is 2. The SMILES string of the molecule is CCCC1NC(=O)C(CC)N(CC2(C)CCCO2)C1=O. The summed E-state index contributed by atoms with van der Waals surface area (Å²) in [5.74, 6) is 0.0298. The second-order valence-corrected chi connectivity index (χ2v) is 6.14. The molecule has 3 atom stereocenters. The third-order valence-electron chi connectivity index (χ3n) is 4.35. The van der Waals surface area contributed by atoms with Gasteiger partial charge >= 0.3 is 0 Å². The highest BCUT2D eigenvalue weighted by Crippen LogP contribution is 2.28. The Morgan fingerprint density at radius 1 is 1.40 bits per heavy atom. The van der Waals surface area contributed by atoms with Gasteiger partial charge in [0.2, 0.25) is 11.8 Å². The molecule has 20 heavy (non-hydrogen) atoms. The van der Waals surface area contributed by atoms with Crippen molar-refractivity contribution in [3.63, 3.8) is 0 Å². The van der Waals surface area contributed by atoms with Crippen LogP contribution in [-0.4, -0.2) is 47.6 Å². The number of nitrogens with one attached hydrogen (secondary N) is 1. The minimum Gasteiger partial charge on any atom is -0.373 e. The van der Waals surface area contributed by atoms with Crippen LogP contribution in [0.1, 0.15) is 52.9 Å². The molecule has 1 N–H and O–H groups in total. The number of nitrogens with zero attached hydrogens (tertiary/aromatic N) is 1.